The molecule has 0 saturated heterocycles. The van der Waals surface area contributed by atoms with E-state index < -0.39 is 17.9 Å². The minimum absolute atomic E-state index is 0.0720. The van der Waals surface area contributed by atoms with E-state index in [2.05, 4.69) is 10.6 Å². The van der Waals surface area contributed by atoms with Crippen LogP contribution in [0.5, 0.6) is 0 Å². The minimum Gasteiger partial charge on any atom is -0.481 e. The molecule has 1 aliphatic rings. The number of nitrogens with one attached hydrogen (secondary N) is 2. The topological polar surface area (TPSA) is 95.5 Å². The molecule has 0 aromatic carbocycles. The fourth-order valence-electron chi connectivity index (χ4n) is 2.24. The molecule has 1 atom stereocenters. The predicted molar refractivity (Wildman–Crippen MR) is 73.5 cm³/mol. The van der Waals surface area contributed by atoms with Crippen molar-refractivity contribution >= 4 is 29.2 Å². The van der Waals surface area contributed by atoms with Gasteiger partial charge >= 0.3 is 12.0 Å². The first-order chi connectivity index (χ1) is 9.56. The number of aryl methyl sites for hydroxylation is 1. The number of carboxylic acids is 1. The molecule has 1 unspecified atom stereocenters. The van der Waals surface area contributed by atoms with E-state index >= 15 is 0 Å². The number of rotatable bonds is 4. The third-order valence-corrected chi connectivity index (χ3v) is 4.17. The summed E-state index contributed by atoms with van der Waals surface area (Å²) in [5, 5.41) is 15.4. The van der Waals surface area contributed by atoms with Crippen LogP contribution in [0, 0.1) is 0 Å². The second-order valence-electron chi connectivity index (χ2n) is 4.66. The van der Waals surface area contributed by atoms with E-state index in [1.165, 1.54) is 4.88 Å². The normalized spacial score (nSPS) is 17.1. The molecule has 1 aromatic heterocycles. The van der Waals surface area contributed by atoms with Gasteiger partial charge in [0.05, 0.1) is 12.5 Å². The number of carboxylic acid groups (broad SMARTS) is 1. The summed E-state index contributed by atoms with van der Waals surface area (Å²) in [5.41, 5.74) is 1.12. The smallest absolute Gasteiger partial charge is 0.321 e. The highest BCUT2D eigenvalue weighted by atomic mass is 32.1. The molecule has 108 valence electrons. The lowest BCUT2D eigenvalue weighted by Crippen LogP contribution is -2.41. The number of hydrogen-bond donors (Lipinski definition) is 3. The van der Waals surface area contributed by atoms with Crippen LogP contribution in [-0.2, 0) is 16.0 Å². The van der Waals surface area contributed by atoms with E-state index in [0.717, 1.165) is 24.8 Å². The van der Waals surface area contributed by atoms with E-state index in [1.54, 1.807) is 11.3 Å². The highest BCUT2D eigenvalue weighted by molar-refractivity contribution is 7.10. The zero-order valence-corrected chi connectivity index (χ0v) is 11.7. The summed E-state index contributed by atoms with van der Waals surface area (Å²) >= 11 is 1.68. The molecule has 1 aliphatic carbocycles. The van der Waals surface area contributed by atoms with Crippen molar-refractivity contribution in [3.05, 3.63) is 21.9 Å². The molecule has 2 rings (SSSR count). The van der Waals surface area contributed by atoms with Crippen molar-refractivity contribution in [2.24, 2.45) is 0 Å². The molecule has 0 radical (unpaired) electrons. The van der Waals surface area contributed by atoms with Crippen molar-refractivity contribution in [2.45, 2.75) is 38.1 Å². The number of urea groups is 1. The fourth-order valence-corrected chi connectivity index (χ4v) is 3.23. The number of carbonyl (C=O) groups excluding carboxylic acids is 2. The van der Waals surface area contributed by atoms with Gasteiger partial charge in [0.15, 0.2) is 0 Å². The minimum atomic E-state index is -1.06. The Morgan fingerprint density at radius 2 is 2.15 bits per heavy atom. The predicted octanol–water partition coefficient (Wildman–Crippen LogP) is 1.82. The van der Waals surface area contributed by atoms with Gasteiger partial charge in [-0.2, -0.15) is 0 Å². The van der Waals surface area contributed by atoms with Gasteiger partial charge in [-0.1, -0.05) is 0 Å². The Bertz CT molecular complexity index is 526. The largest absolute Gasteiger partial charge is 0.481 e. The van der Waals surface area contributed by atoms with Crippen molar-refractivity contribution in [3.63, 3.8) is 0 Å². The standard InChI is InChI=1S/C13H16N2O4S/c16-11(4-5-12(17)18)15-13(19)14-9-2-1-3-10-8(9)6-7-20-10/h6-7,9H,1-5H2,(H,17,18)(H2,14,15,16,19). The number of aliphatic carboxylic acids is 1. The first kappa shape index (κ1) is 14.5. The van der Waals surface area contributed by atoms with Crippen LogP contribution >= 0.6 is 11.3 Å². The lowest BCUT2D eigenvalue weighted by Gasteiger charge is -2.23. The van der Waals surface area contributed by atoms with Crippen LogP contribution in [0.3, 0.4) is 0 Å². The van der Waals surface area contributed by atoms with Gasteiger partial charge in [0, 0.05) is 11.3 Å². The number of fused-ring (bicyclic) bond motifs is 1. The maximum atomic E-state index is 11.7. The molecule has 3 N–H and O–H groups in total. The van der Waals surface area contributed by atoms with Gasteiger partial charge in [0.25, 0.3) is 0 Å². The van der Waals surface area contributed by atoms with Crippen molar-refractivity contribution in [3.8, 4) is 0 Å². The zero-order valence-electron chi connectivity index (χ0n) is 10.8. The molecule has 7 heteroatoms. The Kier molecular flexibility index (Phi) is 4.73. The molecule has 0 spiro atoms. The average Bonchev–Trinajstić information content (AvgIpc) is 2.85. The highest BCUT2D eigenvalue weighted by Gasteiger charge is 2.23. The monoisotopic (exact) mass is 296 g/mol. The number of imide groups is 1. The molecule has 3 amide bonds. The fraction of sp³-hybridized carbons (Fsp3) is 0.462. The van der Waals surface area contributed by atoms with E-state index in [-0.39, 0.29) is 18.9 Å². The number of amides is 3. The molecular weight excluding hydrogens is 280 g/mol. The quantitative estimate of drug-likeness (QED) is 0.789. The van der Waals surface area contributed by atoms with E-state index in [4.69, 9.17) is 5.11 Å². The highest BCUT2D eigenvalue weighted by Crippen LogP contribution is 2.33. The summed E-state index contributed by atoms with van der Waals surface area (Å²) in [6.45, 7) is 0. The van der Waals surface area contributed by atoms with Gasteiger partial charge in [0.1, 0.15) is 0 Å². The Balaban J connectivity index is 1.84. The first-order valence-corrected chi connectivity index (χ1v) is 7.32. The van der Waals surface area contributed by atoms with E-state index in [9.17, 15) is 14.4 Å². The van der Waals surface area contributed by atoms with Gasteiger partial charge in [-0.15, -0.1) is 11.3 Å². The number of hydrogen-bond acceptors (Lipinski definition) is 4. The number of thiophene rings is 1. The first-order valence-electron chi connectivity index (χ1n) is 6.44. The van der Waals surface area contributed by atoms with Crippen LogP contribution < -0.4 is 10.6 Å². The molecule has 20 heavy (non-hydrogen) atoms. The Morgan fingerprint density at radius 3 is 2.90 bits per heavy atom. The molecular formula is C13H16N2O4S. The van der Waals surface area contributed by atoms with Crippen LogP contribution in [0.2, 0.25) is 0 Å². The van der Waals surface area contributed by atoms with Crippen molar-refractivity contribution in [1.82, 2.24) is 10.6 Å². The SMILES string of the molecule is O=C(O)CCC(=O)NC(=O)NC1CCCc2sccc21. The molecule has 1 heterocycles. The van der Waals surface area contributed by atoms with E-state index in [0.29, 0.717) is 0 Å². The van der Waals surface area contributed by atoms with Crippen LogP contribution in [0.25, 0.3) is 0 Å². The Hall–Kier alpha value is -1.89. The van der Waals surface area contributed by atoms with E-state index in [1.807, 2.05) is 11.4 Å². The summed E-state index contributed by atoms with van der Waals surface area (Å²) < 4.78 is 0. The third kappa shape index (κ3) is 3.80. The lowest BCUT2D eigenvalue weighted by molar-refractivity contribution is -0.138. The van der Waals surface area contributed by atoms with Gasteiger partial charge in [-0.25, -0.2) is 4.79 Å². The van der Waals surface area contributed by atoms with Crippen LogP contribution in [-0.4, -0.2) is 23.0 Å². The maximum Gasteiger partial charge on any atom is 0.321 e. The number of carbonyl (C=O) groups is 3. The van der Waals surface area contributed by atoms with Crippen molar-refractivity contribution < 1.29 is 19.5 Å². The summed E-state index contributed by atoms with van der Waals surface area (Å²) in [6, 6.07) is 1.36. The molecule has 0 saturated carbocycles. The molecule has 6 nitrogen and oxygen atoms in total. The summed E-state index contributed by atoms with van der Waals surface area (Å²) in [6.07, 6.45) is 2.41. The lowest BCUT2D eigenvalue weighted by atomic mass is 9.94. The second-order valence-corrected chi connectivity index (χ2v) is 5.66. The van der Waals surface area contributed by atoms with Gasteiger partial charge in [-0.3, -0.25) is 14.9 Å². The van der Waals surface area contributed by atoms with Gasteiger partial charge in [0.2, 0.25) is 5.91 Å². The maximum absolute atomic E-state index is 11.7. The molecule has 0 bridgehead atoms. The third-order valence-electron chi connectivity index (χ3n) is 3.18. The summed E-state index contributed by atoms with van der Waals surface area (Å²) in [4.78, 5) is 34.7. The second kappa shape index (κ2) is 6.51. The molecule has 0 fully saturated rings. The Labute approximate surface area is 120 Å². The summed E-state index contributed by atoms with van der Waals surface area (Å²) in [5.74, 6) is -1.64. The van der Waals surface area contributed by atoms with Crippen molar-refractivity contribution in [2.75, 3.05) is 0 Å². The van der Waals surface area contributed by atoms with Gasteiger partial charge in [-0.05, 0) is 36.3 Å². The van der Waals surface area contributed by atoms with Gasteiger partial charge < -0.3 is 10.4 Å². The average molecular weight is 296 g/mol. The van der Waals surface area contributed by atoms with Crippen LogP contribution in [0.1, 0.15) is 42.2 Å². The van der Waals surface area contributed by atoms with Crippen LogP contribution in [0.4, 0.5) is 4.79 Å². The zero-order chi connectivity index (χ0) is 14.5. The Morgan fingerprint density at radius 1 is 1.35 bits per heavy atom. The van der Waals surface area contributed by atoms with Crippen molar-refractivity contribution in [1.29, 1.82) is 0 Å². The molecule has 0 aliphatic heterocycles. The summed E-state index contributed by atoms with van der Waals surface area (Å²) in [7, 11) is 0. The van der Waals surface area contributed by atoms with Crippen LogP contribution in [0.15, 0.2) is 11.4 Å². The molecule has 1 aromatic rings.